The Bertz CT molecular complexity index is 282. The largest absolute Gasteiger partial charge is 0.509 e. The molecule has 0 saturated heterocycles. The molecule has 0 aliphatic heterocycles. The Morgan fingerprint density at radius 1 is 1.31 bits per heavy atom. The van der Waals surface area contributed by atoms with Gasteiger partial charge < -0.3 is 5.11 Å². The molecule has 2 heteroatoms. The van der Waals surface area contributed by atoms with Crippen LogP contribution in [0.1, 0.15) is 13.8 Å². The van der Waals surface area contributed by atoms with E-state index in [1.54, 1.807) is 12.3 Å². The Labute approximate surface area is 79.3 Å². The Hall–Kier alpha value is -1.57. The molecule has 0 spiro atoms. The fourth-order valence-electron chi connectivity index (χ4n) is 0.587. The standard InChI is InChI=1S/C11H15NO/c1-5-8-12-11(4)9(2)6-7-10(3)13/h5-8,13H,2-3H2,1,4H3/b7-6-,8-5-,12-11?. The molecule has 0 atom stereocenters. The fraction of sp³-hybridized carbons (Fsp3) is 0.182. The Morgan fingerprint density at radius 3 is 2.38 bits per heavy atom. The molecule has 13 heavy (non-hydrogen) atoms. The van der Waals surface area contributed by atoms with Gasteiger partial charge in [0, 0.05) is 11.9 Å². The normalized spacial score (nSPS) is 12.6. The van der Waals surface area contributed by atoms with Crippen molar-refractivity contribution in [2.45, 2.75) is 13.8 Å². The van der Waals surface area contributed by atoms with Crippen LogP contribution in [0.2, 0.25) is 0 Å². The van der Waals surface area contributed by atoms with Gasteiger partial charge in [0.15, 0.2) is 0 Å². The molecule has 0 saturated carbocycles. The molecule has 2 nitrogen and oxygen atoms in total. The molecule has 0 heterocycles. The van der Waals surface area contributed by atoms with E-state index in [4.69, 9.17) is 5.11 Å². The first-order valence-electron chi connectivity index (χ1n) is 3.98. The highest BCUT2D eigenvalue weighted by Crippen LogP contribution is 1.99. The zero-order chi connectivity index (χ0) is 10.3. The van der Waals surface area contributed by atoms with E-state index >= 15 is 0 Å². The lowest BCUT2D eigenvalue weighted by atomic mass is 10.2. The predicted molar refractivity (Wildman–Crippen MR) is 58.0 cm³/mol. The van der Waals surface area contributed by atoms with Crippen LogP contribution >= 0.6 is 0 Å². The van der Waals surface area contributed by atoms with Gasteiger partial charge in [-0.05, 0) is 25.5 Å². The molecule has 0 aliphatic carbocycles. The summed E-state index contributed by atoms with van der Waals surface area (Å²) < 4.78 is 0. The third-order valence-electron chi connectivity index (χ3n) is 1.36. The van der Waals surface area contributed by atoms with Gasteiger partial charge in [0.25, 0.3) is 0 Å². The third kappa shape index (κ3) is 5.67. The van der Waals surface area contributed by atoms with Crippen molar-refractivity contribution < 1.29 is 5.11 Å². The maximum Gasteiger partial charge on any atom is 0.108 e. The van der Waals surface area contributed by atoms with Gasteiger partial charge in [-0.1, -0.05) is 25.3 Å². The molecule has 0 amide bonds. The number of rotatable bonds is 4. The second-order valence-corrected chi connectivity index (χ2v) is 2.55. The molecule has 0 fully saturated rings. The Kier molecular flexibility index (Phi) is 5.28. The predicted octanol–water partition coefficient (Wildman–Crippen LogP) is 3.17. The topological polar surface area (TPSA) is 32.6 Å². The first-order valence-corrected chi connectivity index (χ1v) is 3.98. The second-order valence-electron chi connectivity index (χ2n) is 2.55. The van der Waals surface area contributed by atoms with E-state index in [0.717, 1.165) is 11.3 Å². The van der Waals surface area contributed by atoms with Crippen LogP contribution in [0, 0.1) is 0 Å². The Balaban J connectivity index is 4.35. The molecular weight excluding hydrogens is 162 g/mol. The van der Waals surface area contributed by atoms with Gasteiger partial charge in [0.2, 0.25) is 0 Å². The van der Waals surface area contributed by atoms with E-state index in [9.17, 15) is 0 Å². The number of aliphatic hydroxyl groups is 1. The summed E-state index contributed by atoms with van der Waals surface area (Å²) in [7, 11) is 0. The van der Waals surface area contributed by atoms with Crippen LogP contribution < -0.4 is 0 Å². The summed E-state index contributed by atoms with van der Waals surface area (Å²) in [5, 5.41) is 8.78. The van der Waals surface area contributed by atoms with E-state index in [-0.39, 0.29) is 5.76 Å². The van der Waals surface area contributed by atoms with Crippen molar-refractivity contribution in [2.24, 2.45) is 4.99 Å². The molecule has 1 N–H and O–H groups in total. The average molecular weight is 177 g/mol. The number of nitrogens with zero attached hydrogens (tertiary/aromatic N) is 1. The molecule has 0 aliphatic rings. The summed E-state index contributed by atoms with van der Waals surface area (Å²) in [6.45, 7) is 10.8. The van der Waals surface area contributed by atoms with Crippen molar-refractivity contribution in [3.8, 4) is 0 Å². The molecular formula is C11H15NO. The Morgan fingerprint density at radius 2 is 1.92 bits per heavy atom. The maximum absolute atomic E-state index is 8.78. The van der Waals surface area contributed by atoms with E-state index in [2.05, 4.69) is 18.2 Å². The lowest BCUT2D eigenvalue weighted by molar-refractivity contribution is 0.435. The smallest absolute Gasteiger partial charge is 0.108 e. The first-order chi connectivity index (χ1) is 6.07. The van der Waals surface area contributed by atoms with Crippen LogP contribution in [0.3, 0.4) is 0 Å². The number of aliphatic hydroxyl groups excluding tert-OH is 1. The minimum Gasteiger partial charge on any atom is -0.509 e. The molecule has 0 unspecified atom stereocenters. The fourth-order valence-corrected chi connectivity index (χ4v) is 0.587. The summed E-state index contributed by atoms with van der Waals surface area (Å²) in [4.78, 5) is 4.09. The van der Waals surface area contributed by atoms with Crippen LogP contribution in [-0.2, 0) is 0 Å². The number of hydrogen-bond acceptors (Lipinski definition) is 2. The average Bonchev–Trinajstić information content (AvgIpc) is 2.10. The van der Waals surface area contributed by atoms with Gasteiger partial charge in [-0.15, -0.1) is 0 Å². The second kappa shape index (κ2) is 6.00. The van der Waals surface area contributed by atoms with Crippen molar-refractivity contribution in [2.75, 3.05) is 0 Å². The zero-order valence-electron chi connectivity index (χ0n) is 8.12. The van der Waals surface area contributed by atoms with Crippen molar-refractivity contribution in [3.05, 3.63) is 48.9 Å². The van der Waals surface area contributed by atoms with Crippen LogP contribution in [0.5, 0.6) is 0 Å². The first kappa shape index (κ1) is 11.4. The highest BCUT2D eigenvalue weighted by Gasteiger charge is 1.91. The lowest BCUT2D eigenvalue weighted by Gasteiger charge is -1.96. The molecule has 0 aromatic rings. The molecule has 70 valence electrons. The van der Waals surface area contributed by atoms with E-state index < -0.39 is 0 Å². The van der Waals surface area contributed by atoms with Crippen molar-refractivity contribution in [3.63, 3.8) is 0 Å². The minimum atomic E-state index is 0.0139. The van der Waals surface area contributed by atoms with E-state index in [1.807, 2.05) is 19.9 Å². The number of hydrogen-bond donors (Lipinski definition) is 1. The van der Waals surface area contributed by atoms with Gasteiger partial charge in [-0.2, -0.15) is 0 Å². The van der Waals surface area contributed by atoms with Gasteiger partial charge in [-0.25, -0.2) is 0 Å². The van der Waals surface area contributed by atoms with Crippen LogP contribution in [0.25, 0.3) is 0 Å². The van der Waals surface area contributed by atoms with E-state index in [1.165, 1.54) is 6.08 Å². The quantitative estimate of drug-likeness (QED) is 0.399. The third-order valence-corrected chi connectivity index (χ3v) is 1.36. The molecule has 0 rings (SSSR count). The molecule has 0 aromatic heterocycles. The summed E-state index contributed by atoms with van der Waals surface area (Å²) >= 11 is 0. The molecule has 0 radical (unpaired) electrons. The molecule has 0 bridgehead atoms. The monoisotopic (exact) mass is 177 g/mol. The summed E-state index contributed by atoms with van der Waals surface area (Å²) in [5.74, 6) is 0.0139. The van der Waals surface area contributed by atoms with Crippen LogP contribution in [0.15, 0.2) is 53.9 Å². The highest BCUT2D eigenvalue weighted by atomic mass is 16.3. The number of allylic oxidation sites excluding steroid dienone is 4. The summed E-state index contributed by atoms with van der Waals surface area (Å²) in [6, 6.07) is 0. The zero-order valence-corrected chi connectivity index (χ0v) is 8.12. The van der Waals surface area contributed by atoms with Gasteiger partial charge >= 0.3 is 0 Å². The minimum absolute atomic E-state index is 0.0139. The van der Waals surface area contributed by atoms with Crippen molar-refractivity contribution in [1.29, 1.82) is 0 Å². The van der Waals surface area contributed by atoms with Gasteiger partial charge in [-0.3, -0.25) is 4.99 Å². The van der Waals surface area contributed by atoms with Crippen LogP contribution in [0.4, 0.5) is 0 Å². The van der Waals surface area contributed by atoms with E-state index in [0.29, 0.717) is 0 Å². The van der Waals surface area contributed by atoms with Gasteiger partial charge in [0.1, 0.15) is 5.76 Å². The maximum atomic E-state index is 8.78. The summed E-state index contributed by atoms with van der Waals surface area (Å²) in [6.07, 6.45) is 6.69. The van der Waals surface area contributed by atoms with Crippen molar-refractivity contribution >= 4 is 5.71 Å². The molecule has 0 aromatic carbocycles. The summed E-state index contributed by atoms with van der Waals surface area (Å²) in [5.41, 5.74) is 1.57. The SMILES string of the molecule is C=C(O)/C=C\C(=C)C(C)=N/C=C\C. The lowest BCUT2D eigenvalue weighted by Crippen LogP contribution is -1.91. The van der Waals surface area contributed by atoms with Gasteiger partial charge in [0.05, 0.1) is 0 Å². The number of aliphatic imine (C=N–C) groups is 1. The van der Waals surface area contributed by atoms with Crippen molar-refractivity contribution in [1.82, 2.24) is 0 Å². The van der Waals surface area contributed by atoms with Crippen LogP contribution in [-0.4, -0.2) is 10.8 Å². The highest BCUT2D eigenvalue weighted by molar-refractivity contribution is 6.00.